The van der Waals surface area contributed by atoms with Crippen LogP contribution in [0.25, 0.3) is 11.1 Å². The van der Waals surface area contributed by atoms with Gasteiger partial charge < -0.3 is 40.5 Å². The van der Waals surface area contributed by atoms with Gasteiger partial charge in [0.2, 0.25) is 5.91 Å². The summed E-state index contributed by atoms with van der Waals surface area (Å²) in [6.45, 7) is 9.28. The largest absolute Gasteiger partial charge is 0.496 e. The minimum Gasteiger partial charge on any atom is -0.496 e. The molecule has 12 heteroatoms. The molecule has 5 N–H and O–H groups in total. The summed E-state index contributed by atoms with van der Waals surface area (Å²) < 4.78 is 6.16. The molecule has 5 fully saturated rings. The Morgan fingerprint density at radius 3 is 2.49 bits per heavy atom. The topological polar surface area (TPSA) is 147 Å². The molecule has 0 aromatic heterocycles. The summed E-state index contributed by atoms with van der Waals surface area (Å²) in [7, 11) is 5.60. The number of carbonyl (C=O) groups excluding carboxylic acids is 2. The molecular formula is C47H63N5O7. The van der Waals surface area contributed by atoms with Gasteiger partial charge in [-0.15, -0.1) is 0 Å². The third-order valence-electron chi connectivity index (χ3n) is 13.3. The number of likely N-dealkylation sites (N-methyl/N-ethyl adjacent to an activating group) is 1. The number of methoxy groups -OCH3 is 1. The van der Waals surface area contributed by atoms with Crippen molar-refractivity contribution in [3.63, 3.8) is 0 Å². The molecule has 10 atom stereocenters. The number of nitrogens with one attached hydrogen (secondary N) is 2. The number of nitrogens with zero attached hydrogens (tertiary/aromatic N) is 3. The molecule has 2 amide bonds. The van der Waals surface area contributed by atoms with Gasteiger partial charge >= 0.3 is 0 Å². The SMILES string of the molecule is C=C1C2C[C@@H]1C[C@H](NC(=O)[C@@H]1[C@H]([C@H](C)O)[C@H](CO)ON1Cc1cccc(-c3cc(C(=O)N[C@@H](Cc4ccccc4)CN(C)C)cc(N4CCC[C@@H]4CO)c3)c1OC)[C@H]2C. The van der Waals surface area contributed by atoms with Crippen LogP contribution in [-0.4, -0.2) is 121 Å². The van der Waals surface area contributed by atoms with Gasteiger partial charge in [0.1, 0.15) is 17.9 Å². The van der Waals surface area contributed by atoms with E-state index in [0.717, 1.165) is 60.2 Å². The molecule has 0 spiro atoms. The van der Waals surface area contributed by atoms with Gasteiger partial charge in [0, 0.05) is 53.5 Å². The van der Waals surface area contributed by atoms with Crippen LogP contribution in [0.5, 0.6) is 5.75 Å². The van der Waals surface area contributed by atoms with Crippen LogP contribution >= 0.6 is 0 Å². The Balaban J connectivity index is 1.21. The number of ether oxygens (including phenoxy) is 1. The highest BCUT2D eigenvalue weighted by Gasteiger charge is 2.52. The van der Waals surface area contributed by atoms with E-state index in [9.17, 15) is 24.9 Å². The minimum atomic E-state index is -0.927. The van der Waals surface area contributed by atoms with Crippen molar-refractivity contribution < 1.29 is 34.5 Å². The zero-order valence-corrected chi connectivity index (χ0v) is 35.2. The Morgan fingerprint density at radius 1 is 1.05 bits per heavy atom. The zero-order chi connectivity index (χ0) is 42.0. The van der Waals surface area contributed by atoms with Crippen LogP contribution < -0.4 is 20.3 Å². The maximum absolute atomic E-state index is 14.3. The Morgan fingerprint density at radius 2 is 1.83 bits per heavy atom. The highest BCUT2D eigenvalue weighted by Crippen LogP contribution is 2.52. The van der Waals surface area contributed by atoms with Crippen molar-refractivity contribution >= 4 is 17.5 Å². The fourth-order valence-corrected chi connectivity index (χ4v) is 10.2. The molecule has 2 heterocycles. The maximum atomic E-state index is 14.3. The van der Waals surface area contributed by atoms with Crippen molar-refractivity contribution in [1.29, 1.82) is 0 Å². The normalized spacial score (nSPS) is 27.7. The fourth-order valence-electron chi connectivity index (χ4n) is 10.2. The number of para-hydroxylation sites is 1. The lowest BCUT2D eigenvalue weighted by atomic mass is 9.56. The van der Waals surface area contributed by atoms with Gasteiger partial charge in [-0.3, -0.25) is 14.4 Å². The summed E-state index contributed by atoms with van der Waals surface area (Å²) in [6, 6.07) is 20.7. The fraction of sp³-hybridized carbons (Fsp3) is 0.532. The molecule has 2 aliphatic heterocycles. The van der Waals surface area contributed by atoms with Gasteiger partial charge in [-0.1, -0.05) is 67.6 Å². The van der Waals surface area contributed by atoms with Crippen molar-refractivity contribution in [2.45, 2.75) is 88.9 Å². The quantitative estimate of drug-likeness (QED) is 0.132. The van der Waals surface area contributed by atoms with Gasteiger partial charge in [-0.05, 0) is 100 Å². The number of amides is 2. The van der Waals surface area contributed by atoms with Crippen LogP contribution in [0, 0.1) is 23.7 Å². The number of rotatable bonds is 16. The van der Waals surface area contributed by atoms with Crippen LogP contribution in [0.2, 0.25) is 0 Å². The van der Waals surface area contributed by atoms with Gasteiger partial charge in [0.05, 0.1) is 39.0 Å². The van der Waals surface area contributed by atoms with Crippen LogP contribution in [0.1, 0.15) is 61.0 Å². The minimum absolute atomic E-state index is 0.00945. The highest BCUT2D eigenvalue weighted by molar-refractivity contribution is 5.97. The molecule has 3 saturated carbocycles. The molecule has 1 unspecified atom stereocenters. The molecule has 8 rings (SSSR count). The number of fused-ring (bicyclic) bond motifs is 2. The van der Waals surface area contributed by atoms with Crippen LogP contribution in [0.4, 0.5) is 5.69 Å². The van der Waals surface area contributed by atoms with Crippen LogP contribution in [0.3, 0.4) is 0 Å². The van der Waals surface area contributed by atoms with Crippen LogP contribution in [-0.2, 0) is 22.6 Å². The van der Waals surface area contributed by atoms with E-state index >= 15 is 0 Å². The second kappa shape index (κ2) is 18.5. The number of aliphatic hydroxyl groups excluding tert-OH is 3. The molecule has 59 heavy (non-hydrogen) atoms. The van der Waals surface area contributed by atoms with Gasteiger partial charge in [-0.2, -0.15) is 5.06 Å². The first-order chi connectivity index (χ1) is 28.4. The lowest BCUT2D eigenvalue weighted by molar-refractivity contribution is -0.182. The van der Waals surface area contributed by atoms with E-state index in [1.807, 2.05) is 68.7 Å². The molecule has 318 valence electrons. The number of carbonyl (C=O) groups is 2. The van der Waals surface area contributed by atoms with Crippen molar-refractivity contribution in [2.24, 2.45) is 23.7 Å². The highest BCUT2D eigenvalue weighted by atomic mass is 16.7. The van der Waals surface area contributed by atoms with Gasteiger partial charge in [0.25, 0.3) is 5.91 Å². The first kappa shape index (κ1) is 42.8. The average Bonchev–Trinajstić information content (AvgIpc) is 3.86. The van der Waals surface area contributed by atoms with Gasteiger partial charge in [0.15, 0.2) is 0 Å². The van der Waals surface area contributed by atoms with Crippen LogP contribution in [0.15, 0.2) is 78.9 Å². The number of allylic oxidation sites excluding steroid dienone is 1. The predicted octanol–water partition coefficient (Wildman–Crippen LogP) is 4.42. The van der Waals surface area contributed by atoms with E-state index < -0.39 is 24.2 Å². The van der Waals surface area contributed by atoms with Crippen molar-refractivity contribution in [3.05, 3.63) is 95.6 Å². The Bertz CT molecular complexity index is 1960. The van der Waals surface area contributed by atoms with E-state index in [0.29, 0.717) is 36.1 Å². The Labute approximate surface area is 349 Å². The van der Waals surface area contributed by atoms with Crippen molar-refractivity contribution in [1.82, 2.24) is 20.6 Å². The monoisotopic (exact) mass is 809 g/mol. The van der Waals surface area contributed by atoms with E-state index in [-0.39, 0.29) is 55.6 Å². The molecule has 12 nitrogen and oxygen atoms in total. The second-order valence-electron chi connectivity index (χ2n) is 17.5. The predicted molar refractivity (Wildman–Crippen MR) is 229 cm³/mol. The number of benzene rings is 3. The number of hydroxylamine groups is 2. The summed E-state index contributed by atoms with van der Waals surface area (Å²) in [5.74, 6) is 0.513. The molecule has 3 aliphatic carbocycles. The van der Waals surface area contributed by atoms with Crippen molar-refractivity contribution in [3.8, 4) is 16.9 Å². The standard InChI is InChI=1S/C47H63N5O7/c1-28-33-22-40(28)29(2)41(23-33)49-47(57)44-43(30(3)55)42(27-54)59-52(44)24-32-14-10-16-39(45(32)58-6)34-19-35(21-38(20-34)51-17-11-15-37(51)26-53)46(56)48-36(25-50(4)5)18-31-12-8-7-9-13-31/h7-10,12-14,16,19-21,29-30,33,36-37,40-44,53-55H,1,11,15,17-18,22-27H2,2-6H3,(H,48,56)(H,49,57)/t29-,30-,33+,36-,37+,40?,41-,42-,43+,44-/m0/s1. The Hall–Kier alpha value is -4.30. The summed E-state index contributed by atoms with van der Waals surface area (Å²) in [5, 5.41) is 39.9. The zero-order valence-electron chi connectivity index (χ0n) is 35.2. The third kappa shape index (κ3) is 9.08. The summed E-state index contributed by atoms with van der Waals surface area (Å²) in [4.78, 5) is 39.1. The van der Waals surface area contributed by atoms with E-state index in [2.05, 4.69) is 46.1 Å². The molecule has 2 bridgehead atoms. The lowest BCUT2D eigenvalue weighted by Gasteiger charge is -2.52. The number of hydrogen-bond donors (Lipinski definition) is 5. The molecular weight excluding hydrogens is 747 g/mol. The first-order valence-electron chi connectivity index (χ1n) is 21.3. The molecule has 2 saturated heterocycles. The summed E-state index contributed by atoms with van der Waals surface area (Å²) in [6.07, 6.45) is 2.70. The van der Waals surface area contributed by atoms with E-state index in [1.165, 1.54) is 5.57 Å². The molecule has 3 aromatic carbocycles. The third-order valence-corrected chi connectivity index (χ3v) is 13.3. The average molecular weight is 810 g/mol. The summed E-state index contributed by atoms with van der Waals surface area (Å²) >= 11 is 0. The number of anilines is 1. The summed E-state index contributed by atoms with van der Waals surface area (Å²) in [5.41, 5.74) is 5.99. The van der Waals surface area contributed by atoms with Gasteiger partial charge in [-0.25, -0.2) is 0 Å². The smallest absolute Gasteiger partial charge is 0.251 e. The van der Waals surface area contributed by atoms with E-state index in [1.54, 1.807) is 19.1 Å². The van der Waals surface area contributed by atoms with E-state index in [4.69, 9.17) is 9.57 Å². The lowest BCUT2D eigenvalue weighted by Crippen LogP contribution is -2.57. The molecule has 0 radical (unpaired) electrons. The van der Waals surface area contributed by atoms with Crippen molar-refractivity contribution in [2.75, 3.05) is 52.4 Å². The first-order valence-corrected chi connectivity index (χ1v) is 21.3. The molecule has 3 aromatic rings. The second-order valence-corrected chi connectivity index (χ2v) is 17.5. The maximum Gasteiger partial charge on any atom is 0.251 e. The Kier molecular flexibility index (Phi) is 13.4. The molecule has 5 aliphatic rings. The number of aliphatic hydroxyl groups is 3. The number of hydrogen-bond acceptors (Lipinski definition) is 10.